The van der Waals surface area contributed by atoms with Gasteiger partial charge in [0, 0.05) is 0 Å². The van der Waals surface area contributed by atoms with Gasteiger partial charge in [-0.1, -0.05) is 32.3 Å². The topological polar surface area (TPSA) is 20.2 Å². The van der Waals surface area contributed by atoms with Gasteiger partial charge in [-0.2, -0.15) is 11.3 Å². The van der Waals surface area contributed by atoms with Gasteiger partial charge in [-0.15, -0.1) is 0 Å². The summed E-state index contributed by atoms with van der Waals surface area (Å²) in [6.45, 7) is 2.23. The van der Waals surface area contributed by atoms with E-state index in [1.54, 1.807) is 11.3 Å². The van der Waals surface area contributed by atoms with Crippen LogP contribution in [-0.2, 0) is 6.42 Å². The summed E-state index contributed by atoms with van der Waals surface area (Å²) in [5, 5.41) is 10.9. The van der Waals surface area contributed by atoms with Crippen LogP contribution in [0.1, 0.15) is 38.2 Å². The van der Waals surface area contributed by atoms with Crippen molar-refractivity contribution < 1.29 is 5.02 Å². The van der Waals surface area contributed by atoms with Crippen molar-refractivity contribution in [1.82, 2.24) is 0 Å². The van der Waals surface area contributed by atoms with Crippen molar-refractivity contribution in [2.45, 2.75) is 39.0 Å². The summed E-state index contributed by atoms with van der Waals surface area (Å²) in [6, 6.07) is 2.07. The lowest BCUT2D eigenvalue weighted by molar-refractivity contribution is 0.616. The summed E-state index contributed by atoms with van der Waals surface area (Å²) in [4.78, 5) is 0. The second-order valence-electron chi connectivity index (χ2n) is 3.30. The van der Waals surface area contributed by atoms with E-state index in [0.717, 1.165) is 11.2 Å². The fourth-order valence-corrected chi connectivity index (χ4v) is 2.10. The summed E-state index contributed by atoms with van der Waals surface area (Å²) in [6.07, 6.45) is 6.38. The molecule has 1 heterocycles. The van der Waals surface area contributed by atoms with Crippen molar-refractivity contribution in [2.24, 2.45) is 0 Å². The van der Waals surface area contributed by atoms with Crippen molar-refractivity contribution in [3.8, 4) is 0 Å². The molecular weight excluding hydrogens is 179 g/mol. The molecule has 0 spiro atoms. The van der Waals surface area contributed by atoms with E-state index in [2.05, 4.69) is 18.4 Å². The van der Waals surface area contributed by atoms with Gasteiger partial charge >= 0.3 is 7.48 Å². The van der Waals surface area contributed by atoms with Crippen LogP contribution in [0.5, 0.6) is 0 Å². The van der Waals surface area contributed by atoms with Crippen LogP contribution in [0.2, 0.25) is 0 Å². The monoisotopic (exact) mass is 195 g/mol. The van der Waals surface area contributed by atoms with Crippen LogP contribution in [0, 0.1) is 0 Å². The first-order chi connectivity index (χ1) is 6.36. The first-order valence-electron chi connectivity index (χ1n) is 4.91. The minimum atomic E-state index is 0.963. The fourth-order valence-electron chi connectivity index (χ4n) is 1.35. The van der Waals surface area contributed by atoms with E-state index in [9.17, 15) is 0 Å². The number of aryl methyl sites for hydroxylation is 1. The third-order valence-corrected chi connectivity index (χ3v) is 3.04. The Morgan fingerprint density at radius 1 is 1.38 bits per heavy atom. The molecule has 0 atom stereocenters. The number of rotatable bonds is 6. The Hall–Kier alpha value is -0.275. The normalized spacial score (nSPS) is 10.3. The number of thiophene rings is 1. The number of unbranched alkanes of at least 4 members (excludes halogenated alkanes) is 3. The molecule has 0 unspecified atom stereocenters. The summed E-state index contributed by atoms with van der Waals surface area (Å²) >= 11 is 1.61. The molecule has 0 amide bonds. The highest BCUT2D eigenvalue weighted by Gasteiger charge is 1.99. The fraction of sp³-hybridized carbons (Fsp3) is 0.600. The van der Waals surface area contributed by atoms with Gasteiger partial charge < -0.3 is 5.02 Å². The van der Waals surface area contributed by atoms with E-state index in [1.165, 1.54) is 38.7 Å². The molecule has 0 aliphatic carbocycles. The first kappa shape index (κ1) is 10.8. The Labute approximate surface area is 85.1 Å². The highest BCUT2D eigenvalue weighted by molar-refractivity contribution is 7.19. The summed E-state index contributed by atoms with van der Waals surface area (Å²) in [7, 11) is 1.18. The van der Waals surface area contributed by atoms with Crippen molar-refractivity contribution in [2.75, 3.05) is 0 Å². The molecule has 13 heavy (non-hydrogen) atoms. The predicted octanol–water partition coefficient (Wildman–Crippen LogP) is 2.11. The van der Waals surface area contributed by atoms with Crippen molar-refractivity contribution in [3.05, 3.63) is 17.0 Å². The van der Waals surface area contributed by atoms with E-state index in [1.807, 2.05) is 0 Å². The van der Waals surface area contributed by atoms with E-state index in [0.29, 0.717) is 0 Å². The Kier molecular flexibility index (Phi) is 5.17. The molecule has 0 saturated carbocycles. The SMILES string of the molecule is CCCCCCc1csc([B]O)c1. The van der Waals surface area contributed by atoms with E-state index < -0.39 is 0 Å². The number of hydrogen-bond acceptors (Lipinski definition) is 2. The first-order valence-corrected chi connectivity index (χ1v) is 5.79. The van der Waals surface area contributed by atoms with Crippen molar-refractivity contribution >= 4 is 23.6 Å². The lowest BCUT2D eigenvalue weighted by Crippen LogP contribution is -2.06. The Bertz CT molecular complexity index is 235. The van der Waals surface area contributed by atoms with E-state index in [-0.39, 0.29) is 0 Å². The minimum Gasteiger partial charge on any atom is -0.449 e. The molecule has 1 nitrogen and oxygen atoms in total. The van der Waals surface area contributed by atoms with E-state index >= 15 is 0 Å². The lowest BCUT2D eigenvalue weighted by atomic mass is 9.98. The number of hydrogen-bond donors (Lipinski definition) is 1. The van der Waals surface area contributed by atoms with Gasteiger partial charge in [-0.25, -0.2) is 0 Å². The zero-order valence-corrected chi connectivity index (χ0v) is 8.94. The average molecular weight is 195 g/mol. The van der Waals surface area contributed by atoms with Gasteiger partial charge in [0.2, 0.25) is 0 Å². The van der Waals surface area contributed by atoms with Crippen LogP contribution in [0.25, 0.3) is 0 Å². The molecule has 0 aliphatic rings. The average Bonchev–Trinajstić information content (AvgIpc) is 2.60. The molecule has 0 bridgehead atoms. The molecule has 1 rings (SSSR count). The summed E-state index contributed by atoms with van der Waals surface area (Å²) < 4.78 is 0.963. The summed E-state index contributed by atoms with van der Waals surface area (Å²) in [5.74, 6) is 0. The molecule has 0 aliphatic heterocycles. The molecule has 0 fully saturated rings. The van der Waals surface area contributed by atoms with Gasteiger partial charge in [0.25, 0.3) is 0 Å². The Morgan fingerprint density at radius 3 is 2.85 bits per heavy atom. The quantitative estimate of drug-likeness (QED) is 0.544. The van der Waals surface area contributed by atoms with Gasteiger partial charge in [-0.3, -0.25) is 0 Å². The molecule has 71 valence electrons. The van der Waals surface area contributed by atoms with Crippen molar-refractivity contribution in [3.63, 3.8) is 0 Å². The zero-order valence-electron chi connectivity index (χ0n) is 8.12. The molecule has 0 aromatic carbocycles. The largest absolute Gasteiger partial charge is 0.449 e. The molecule has 0 saturated heterocycles. The van der Waals surface area contributed by atoms with Crippen LogP contribution in [-0.4, -0.2) is 12.5 Å². The maximum Gasteiger partial charge on any atom is 0.337 e. The van der Waals surface area contributed by atoms with Gasteiger partial charge in [0.15, 0.2) is 0 Å². The highest BCUT2D eigenvalue weighted by atomic mass is 32.1. The van der Waals surface area contributed by atoms with Gasteiger partial charge in [-0.05, 0) is 28.6 Å². The Morgan fingerprint density at radius 2 is 2.23 bits per heavy atom. The predicted molar refractivity (Wildman–Crippen MR) is 59.8 cm³/mol. The smallest absolute Gasteiger partial charge is 0.337 e. The molecule has 1 radical (unpaired) electrons. The minimum absolute atomic E-state index is 0.963. The van der Waals surface area contributed by atoms with Crippen LogP contribution in [0.15, 0.2) is 11.4 Å². The van der Waals surface area contributed by atoms with Crippen LogP contribution in [0.3, 0.4) is 0 Å². The Balaban J connectivity index is 2.20. The molecular formula is C10H16BOS. The maximum absolute atomic E-state index is 8.75. The summed E-state index contributed by atoms with van der Waals surface area (Å²) in [5.41, 5.74) is 1.36. The highest BCUT2D eigenvalue weighted by Crippen LogP contribution is 2.09. The molecule has 1 N–H and O–H groups in total. The van der Waals surface area contributed by atoms with Crippen LogP contribution < -0.4 is 4.78 Å². The molecule has 1 aromatic heterocycles. The van der Waals surface area contributed by atoms with Crippen molar-refractivity contribution in [1.29, 1.82) is 0 Å². The van der Waals surface area contributed by atoms with Gasteiger partial charge in [0.1, 0.15) is 0 Å². The molecule has 3 heteroatoms. The standard InChI is InChI=1S/C10H16BOS/c1-2-3-4-5-6-9-7-10(11-12)13-8-9/h7-8,12H,2-6H2,1H3. The lowest BCUT2D eigenvalue weighted by Gasteiger charge is -1.96. The third-order valence-electron chi connectivity index (χ3n) is 2.12. The second-order valence-corrected chi connectivity index (χ2v) is 4.24. The zero-order chi connectivity index (χ0) is 9.52. The molecule has 1 aromatic rings. The van der Waals surface area contributed by atoms with E-state index in [4.69, 9.17) is 5.02 Å². The van der Waals surface area contributed by atoms with Gasteiger partial charge in [0.05, 0.1) is 0 Å². The van der Waals surface area contributed by atoms with Crippen LogP contribution >= 0.6 is 11.3 Å². The second kappa shape index (κ2) is 6.22. The maximum atomic E-state index is 8.75. The van der Waals surface area contributed by atoms with Crippen LogP contribution in [0.4, 0.5) is 0 Å². The third kappa shape index (κ3) is 3.96.